The number of hydrogen-bond acceptors (Lipinski definition) is 6. The molecule has 0 aliphatic carbocycles. The fourth-order valence-corrected chi connectivity index (χ4v) is 5.41. The van der Waals surface area contributed by atoms with Crippen LogP contribution in [0.2, 0.25) is 0 Å². The van der Waals surface area contributed by atoms with E-state index in [-0.39, 0.29) is 11.9 Å². The van der Waals surface area contributed by atoms with Gasteiger partial charge in [-0.3, -0.25) is 10.1 Å². The summed E-state index contributed by atoms with van der Waals surface area (Å²) in [7, 11) is 4.01. The molecule has 0 saturated carbocycles. The molecule has 4 heterocycles. The molecule has 0 radical (unpaired) electrons. The van der Waals surface area contributed by atoms with Gasteiger partial charge in [0, 0.05) is 71.5 Å². The van der Waals surface area contributed by atoms with E-state index in [9.17, 15) is 4.39 Å². The summed E-state index contributed by atoms with van der Waals surface area (Å²) in [6.45, 7) is 9.02. The number of aliphatic imine (C=N–C) groups is 1. The first-order valence-corrected chi connectivity index (χ1v) is 14.4. The van der Waals surface area contributed by atoms with Crippen molar-refractivity contribution in [3.05, 3.63) is 84.8 Å². The topological polar surface area (TPSA) is 114 Å². The molecule has 5 N–H and O–H groups in total. The fourth-order valence-electron chi connectivity index (χ4n) is 5.41. The Morgan fingerprint density at radius 1 is 1.14 bits per heavy atom. The highest BCUT2D eigenvalue weighted by atomic mass is 19.1. The Morgan fingerprint density at radius 3 is 2.70 bits per heavy atom. The molecule has 5 aromatic rings. The number of fused-ring (bicyclic) bond motifs is 2. The third-order valence-corrected chi connectivity index (χ3v) is 7.65. The van der Waals surface area contributed by atoms with Crippen molar-refractivity contribution >= 4 is 39.0 Å². The van der Waals surface area contributed by atoms with Gasteiger partial charge >= 0.3 is 0 Å². The van der Waals surface area contributed by atoms with Crippen LogP contribution < -0.4 is 11.1 Å². The summed E-state index contributed by atoms with van der Waals surface area (Å²) < 4.78 is 14.7. The van der Waals surface area contributed by atoms with Crippen LogP contribution in [0.5, 0.6) is 0 Å². The zero-order valence-corrected chi connectivity index (χ0v) is 24.7. The molecular weight excluding hydrogens is 541 g/mol. The van der Waals surface area contributed by atoms with Gasteiger partial charge in [-0.15, -0.1) is 0 Å². The summed E-state index contributed by atoms with van der Waals surface area (Å²) in [6.07, 6.45) is 5.50. The molecule has 0 unspecified atom stereocenters. The van der Waals surface area contributed by atoms with Gasteiger partial charge in [0.2, 0.25) is 0 Å². The zero-order valence-electron chi connectivity index (χ0n) is 24.7. The number of likely N-dealkylation sites (N-methyl/N-ethyl adjacent to an activating group) is 1. The Labute approximate surface area is 250 Å². The van der Waals surface area contributed by atoms with Crippen LogP contribution in [0.1, 0.15) is 12.5 Å². The number of amidine groups is 1. The van der Waals surface area contributed by atoms with E-state index < -0.39 is 0 Å². The largest absolute Gasteiger partial charge is 0.384 e. The van der Waals surface area contributed by atoms with Gasteiger partial charge in [0.1, 0.15) is 17.3 Å². The van der Waals surface area contributed by atoms with Crippen LogP contribution in [0.25, 0.3) is 50.1 Å². The van der Waals surface area contributed by atoms with Crippen LogP contribution in [0, 0.1) is 5.82 Å². The molecule has 9 nitrogen and oxygen atoms in total. The number of nitrogens with two attached hydrogens (primary N) is 1. The molecule has 1 aliphatic rings. The molecule has 0 amide bonds. The van der Waals surface area contributed by atoms with Crippen molar-refractivity contribution in [1.82, 2.24) is 30.0 Å². The monoisotopic (exact) mass is 577 g/mol. The number of allylic oxidation sites excluding steroid dienone is 1. The van der Waals surface area contributed by atoms with Gasteiger partial charge < -0.3 is 25.8 Å². The normalized spacial score (nSPS) is 14.6. The number of H-pyrrole nitrogens is 2. The zero-order chi connectivity index (χ0) is 30.1. The van der Waals surface area contributed by atoms with Gasteiger partial charge in [-0.2, -0.15) is 5.10 Å². The van der Waals surface area contributed by atoms with Gasteiger partial charge in [-0.1, -0.05) is 18.7 Å². The first-order valence-electron chi connectivity index (χ1n) is 14.4. The van der Waals surface area contributed by atoms with Gasteiger partial charge in [0.15, 0.2) is 0 Å². The van der Waals surface area contributed by atoms with Crippen molar-refractivity contribution in [2.75, 3.05) is 45.6 Å². The van der Waals surface area contributed by atoms with Crippen LogP contribution in [-0.2, 0) is 0 Å². The molecule has 0 atom stereocenters. The van der Waals surface area contributed by atoms with Crippen molar-refractivity contribution in [2.24, 2.45) is 10.7 Å². The second kappa shape index (κ2) is 11.8. The maximum absolute atomic E-state index is 14.7. The average molecular weight is 578 g/mol. The second-order valence-corrected chi connectivity index (χ2v) is 11.1. The van der Waals surface area contributed by atoms with Crippen molar-refractivity contribution in [3.8, 4) is 22.6 Å². The maximum Gasteiger partial charge on any atom is 0.128 e. The minimum Gasteiger partial charge on any atom is -0.384 e. The van der Waals surface area contributed by atoms with Crippen LogP contribution in [-0.4, -0.2) is 82.1 Å². The van der Waals surface area contributed by atoms with E-state index in [1.165, 1.54) is 12.1 Å². The minimum atomic E-state index is -0.316. The summed E-state index contributed by atoms with van der Waals surface area (Å²) in [4.78, 5) is 17.3. The summed E-state index contributed by atoms with van der Waals surface area (Å²) in [5, 5.41) is 13.0. The lowest BCUT2D eigenvalue weighted by atomic mass is 10.0. The number of pyridine rings is 1. The van der Waals surface area contributed by atoms with E-state index in [0.717, 1.165) is 75.6 Å². The van der Waals surface area contributed by atoms with Crippen LogP contribution >= 0.6 is 0 Å². The van der Waals surface area contributed by atoms with Crippen LogP contribution in [0.3, 0.4) is 0 Å². The first-order chi connectivity index (χ1) is 20.8. The molecular formula is C33H36FN9. The van der Waals surface area contributed by atoms with E-state index in [1.807, 2.05) is 57.4 Å². The van der Waals surface area contributed by atoms with E-state index in [4.69, 9.17) is 10.7 Å². The van der Waals surface area contributed by atoms with E-state index in [0.29, 0.717) is 17.8 Å². The van der Waals surface area contributed by atoms with E-state index >= 15 is 0 Å². The Balaban J connectivity index is 1.36. The Kier molecular flexibility index (Phi) is 7.79. The molecule has 10 heteroatoms. The maximum atomic E-state index is 14.7. The van der Waals surface area contributed by atoms with Crippen molar-refractivity contribution in [3.63, 3.8) is 0 Å². The predicted octanol–water partition coefficient (Wildman–Crippen LogP) is 5.47. The number of anilines is 1. The number of hydrogen-bond donors (Lipinski definition) is 4. The second-order valence-electron chi connectivity index (χ2n) is 11.1. The highest BCUT2D eigenvalue weighted by Gasteiger charge is 2.25. The lowest BCUT2D eigenvalue weighted by Crippen LogP contribution is -2.57. The lowest BCUT2D eigenvalue weighted by Gasteiger charge is -2.38. The number of rotatable bonds is 9. The lowest BCUT2D eigenvalue weighted by molar-refractivity contribution is 0.256. The predicted molar refractivity (Wildman–Crippen MR) is 174 cm³/mol. The number of nitrogens with zero attached hydrogens (tertiary/aromatic N) is 5. The molecule has 1 saturated heterocycles. The van der Waals surface area contributed by atoms with Gasteiger partial charge in [-0.05, 0) is 69.6 Å². The number of likely N-dealkylation sites (tertiary alicyclic amines) is 1. The Bertz CT molecular complexity index is 1860. The smallest absolute Gasteiger partial charge is 0.128 e. The third-order valence-electron chi connectivity index (χ3n) is 7.65. The van der Waals surface area contributed by atoms with Crippen molar-refractivity contribution in [1.29, 1.82) is 0 Å². The molecule has 2 aromatic carbocycles. The third kappa shape index (κ3) is 5.79. The van der Waals surface area contributed by atoms with E-state index in [1.54, 1.807) is 12.3 Å². The number of nitrogens with one attached hydrogen (secondary N) is 3. The van der Waals surface area contributed by atoms with Crippen molar-refractivity contribution < 1.29 is 4.39 Å². The Hall–Kier alpha value is -4.80. The molecule has 1 fully saturated rings. The molecule has 0 bridgehead atoms. The number of halogens is 1. The highest BCUT2D eigenvalue weighted by Crippen LogP contribution is 2.35. The number of aromatic amines is 2. The standard InChI is InChI=1S/C33H36FN9/c1-5-27(39-31(6-2)43-18-23(35)19-43)20-7-8-29-25(15-20)33(41-40-29)30-17-26-28(38-30)9-10-37-32(26)21-13-22(34)16-24(14-21)36-11-12-42(3)4/h5-10,13-17,23,36,38H,2,11-12,18-19,35H2,1,3-4H3,(H,40,41)/b27-5-,39-31?. The van der Waals surface area contributed by atoms with Crippen molar-refractivity contribution in [2.45, 2.75) is 13.0 Å². The molecule has 3 aromatic heterocycles. The fraction of sp³-hybridized carbons (Fsp3) is 0.242. The summed E-state index contributed by atoms with van der Waals surface area (Å²) in [5.41, 5.74) is 13.3. The SMILES string of the molecule is C=CC(=N/C(=C\C)c1ccc2[nH]nc(-c3cc4c(-c5cc(F)cc(NCCN(C)C)c5)nccc4[nH]3)c2c1)N1CC(N)C1. The molecule has 6 rings (SSSR count). The molecule has 0 spiro atoms. The van der Waals surface area contributed by atoms with Crippen LogP contribution in [0.4, 0.5) is 10.1 Å². The van der Waals surface area contributed by atoms with Crippen LogP contribution in [0.15, 0.2) is 78.5 Å². The van der Waals surface area contributed by atoms with Gasteiger partial charge in [0.05, 0.1) is 22.6 Å². The highest BCUT2D eigenvalue weighted by molar-refractivity contribution is 6.01. The molecule has 43 heavy (non-hydrogen) atoms. The number of aromatic nitrogens is 4. The van der Waals surface area contributed by atoms with Gasteiger partial charge in [0.25, 0.3) is 0 Å². The number of benzene rings is 2. The summed E-state index contributed by atoms with van der Waals surface area (Å²) >= 11 is 0. The summed E-state index contributed by atoms with van der Waals surface area (Å²) in [5.74, 6) is 0.496. The first kappa shape index (κ1) is 28.3. The molecule has 1 aliphatic heterocycles. The van der Waals surface area contributed by atoms with Gasteiger partial charge in [-0.25, -0.2) is 9.38 Å². The quantitative estimate of drug-likeness (QED) is 0.136. The Morgan fingerprint density at radius 2 is 1.95 bits per heavy atom. The molecule has 220 valence electrons. The summed E-state index contributed by atoms with van der Waals surface area (Å²) in [6, 6.07) is 15.2. The van der Waals surface area contributed by atoms with E-state index in [2.05, 4.69) is 47.9 Å². The average Bonchev–Trinajstić information content (AvgIpc) is 3.60. The minimum absolute atomic E-state index is 0.170.